The average Bonchev–Trinajstić information content (AvgIpc) is 2.26. The number of nitrogens with zero attached hydrogens (tertiary/aromatic N) is 1. The molecule has 0 bridgehead atoms. The molecule has 0 saturated carbocycles. The number of thioether (sulfide) groups is 1. The molecule has 1 N–H and O–H groups in total. The zero-order chi connectivity index (χ0) is 12.0. The number of nitrogens with one attached hydrogen (secondary N) is 1. The van der Waals surface area contributed by atoms with Crippen molar-refractivity contribution in [2.75, 3.05) is 37.7 Å². The Kier molecular flexibility index (Phi) is 6.16. The van der Waals surface area contributed by atoms with Gasteiger partial charge in [-0.3, -0.25) is 0 Å². The quantitative estimate of drug-likeness (QED) is 0.772. The molecule has 1 unspecified atom stereocenters. The van der Waals surface area contributed by atoms with Gasteiger partial charge in [-0.2, -0.15) is 11.8 Å². The highest BCUT2D eigenvalue weighted by molar-refractivity contribution is 7.99. The van der Waals surface area contributed by atoms with E-state index in [0.717, 1.165) is 6.54 Å². The van der Waals surface area contributed by atoms with Gasteiger partial charge in [-0.05, 0) is 25.3 Å². The molecule has 96 valence electrons. The molecule has 1 rings (SSSR count). The third-order valence-electron chi connectivity index (χ3n) is 3.61. The van der Waals surface area contributed by atoms with Gasteiger partial charge in [0.05, 0.1) is 0 Å². The van der Waals surface area contributed by atoms with Crippen LogP contribution in [0.3, 0.4) is 0 Å². The summed E-state index contributed by atoms with van der Waals surface area (Å²) in [5, 5.41) is 3.63. The van der Waals surface area contributed by atoms with Gasteiger partial charge in [-0.25, -0.2) is 0 Å². The Morgan fingerprint density at radius 2 is 1.94 bits per heavy atom. The van der Waals surface area contributed by atoms with E-state index in [2.05, 4.69) is 49.7 Å². The first-order valence-corrected chi connectivity index (χ1v) is 7.75. The molecule has 0 amide bonds. The largest absolute Gasteiger partial charge is 0.314 e. The maximum Gasteiger partial charge on any atom is 0.0102 e. The van der Waals surface area contributed by atoms with Gasteiger partial charge < -0.3 is 10.2 Å². The van der Waals surface area contributed by atoms with Gasteiger partial charge in [0.1, 0.15) is 0 Å². The maximum absolute atomic E-state index is 3.63. The minimum atomic E-state index is 0.372. The van der Waals surface area contributed by atoms with E-state index in [1.54, 1.807) is 0 Å². The van der Waals surface area contributed by atoms with Crippen LogP contribution in [0.25, 0.3) is 0 Å². The lowest BCUT2D eigenvalue weighted by Gasteiger charge is -2.39. The number of hydrogen-bond acceptors (Lipinski definition) is 3. The molecule has 16 heavy (non-hydrogen) atoms. The van der Waals surface area contributed by atoms with E-state index in [4.69, 9.17) is 0 Å². The standard InChI is InChI=1S/C13H28N2S/c1-5-6-14-12(2)13(3,4)11-15-7-9-16-10-8-15/h12,14H,5-11H2,1-4H3. The molecular formula is C13H28N2S. The second-order valence-corrected chi connectivity index (χ2v) is 6.78. The highest BCUT2D eigenvalue weighted by Crippen LogP contribution is 2.23. The van der Waals surface area contributed by atoms with Gasteiger partial charge in [-0.15, -0.1) is 0 Å². The summed E-state index contributed by atoms with van der Waals surface area (Å²) >= 11 is 2.09. The van der Waals surface area contributed by atoms with Crippen LogP contribution in [0.4, 0.5) is 0 Å². The van der Waals surface area contributed by atoms with Gasteiger partial charge in [0.25, 0.3) is 0 Å². The Hall–Kier alpha value is 0.270. The molecule has 0 aromatic carbocycles. The normalized spacial score (nSPS) is 21.0. The molecule has 3 heteroatoms. The monoisotopic (exact) mass is 244 g/mol. The van der Waals surface area contributed by atoms with Gasteiger partial charge in [0.2, 0.25) is 0 Å². The molecule has 1 aliphatic heterocycles. The van der Waals surface area contributed by atoms with Crippen molar-refractivity contribution in [3.63, 3.8) is 0 Å². The van der Waals surface area contributed by atoms with Crippen molar-refractivity contribution in [3.05, 3.63) is 0 Å². The third kappa shape index (κ3) is 4.64. The van der Waals surface area contributed by atoms with E-state index < -0.39 is 0 Å². The lowest BCUT2D eigenvalue weighted by Crippen LogP contribution is -2.48. The summed E-state index contributed by atoms with van der Waals surface area (Å²) in [6.45, 7) is 14.3. The van der Waals surface area contributed by atoms with E-state index in [1.165, 1.54) is 37.6 Å². The molecule has 1 heterocycles. The third-order valence-corrected chi connectivity index (χ3v) is 4.55. The van der Waals surface area contributed by atoms with Crippen LogP contribution in [0.15, 0.2) is 0 Å². The van der Waals surface area contributed by atoms with Crippen molar-refractivity contribution in [1.82, 2.24) is 10.2 Å². The van der Waals surface area contributed by atoms with Gasteiger partial charge in [0.15, 0.2) is 0 Å². The second-order valence-electron chi connectivity index (χ2n) is 5.55. The van der Waals surface area contributed by atoms with Crippen molar-refractivity contribution in [2.45, 2.75) is 40.2 Å². The van der Waals surface area contributed by atoms with Crippen LogP contribution in [0.1, 0.15) is 34.1 Å². The van der Waals surface area contributed by atoms with Crippen LogP contribution < -0.4 is 5.32 Å². The molecule has 0 aromatic heterocycles. The minimum Gasteiger partial charge on any atom is -0.314 e. The van der Waals surface area contributed by atoms with E-state index in [9.17, 15) is 0 Å². The summed E-state index contributed by atoms with van der Waals surface area (Å²) < 4.78 is 0. The molecule has 0 spiro atoms. The summed E-state index contributed by atoms with van der Waals surface area (Å²) in [5.41, 5.74) is 0.372. The van der Waals surface area contributed by atoms with E-state index in [1.807, 2.05) is 0 Å². The highest BCUT2D eigenvalue weighted by atomic mass is 32.2. The van der Waals surface area contributed by atoms with Crippen molar-refractivity contribution >= 4 is 11.8 Å². The van der Waals surface area contributed by atoms with Crippen LogP contribution in [0, 0.1) is 5.41 Å². The Bertz CT molecular complexity index is 188. The van der Waals surface area contributed by atoms with Crippen LogP contribution in [-0.4, -0.2) is 48.6 Å². The Morgan fingerprint density at radius 1 is 1.31 bits per heavy atom. The molecule has 1 aliphatic rings. The highest BCUT2D eigenvalue weighted by Gasteiger charge is 2.28. The van der Waals surface area contributed by atoms with E-state index in [0.29, 0.717) is 11.5 Å². The Labute approximate surface area is 106 Å². The second kappa shape index (κ2) is 6.87. The van der Waals surface area contributed by atoms with Gasteiger partial charge >= 0.3 is 0 Å². The van der Waals surface area contributed by atoms with Crippen molar-refractivity contribution in [3.8, 4) is 0 Å². The maximum atomic E-state index is 3.63. The zero-order valence-electron chi connectivity index (χ0n) is 11.4. The molecule has 0 radical (unpaired) electrons. The lowest BCUT2D eigenvalue weighted by atomic mass is 9.84. The van der Waals surface area contributed by atoms with Crippen LogP contribution in [0.2, 0.25) is 0 Å². The fourth-order valence-corrected chi connectivity index (χ4v) is 3.09. The summed E-state index contributed by atoms with van der Waals surface area (Å²) in [6, 6.07) is 0.599. The summed E-state index contributed by atoms with van der Waals surface area (Å²) in [7, 11) is 0. The SMILES string of the molecule is CCCNC(C)C(C)(C)CN1CCSCC1. The van der Waals surface area contributed by atoms with E-state index in [-0.39, 0.29) is 0 Å². The Balaban J connectivity index is 2.35. The topological polar surface area (TPSA) is 15.3 Å². The first-order chi connectivity index (χ1) is 7.56. The predicted octanol–water partition coefficient (Wildman–Crippen LogP) is 2.45. The summed E-state index contributed by atoms with van der Waals surface area (Å²) in [6.07, 6.45) is 1.22. The van der Waals surface area contributed by atoms with Crippen molar-refractivity contribution in [1.29, 1.82) is 0 Å². The summed E-state index contributed by atoms with van der Waals surface area (Å²) in [4.78, 5) is 2.63. The fourth-order valence-electron chi connectivity index (χ4n) is 2.11. The zero-order valence-corrected chi connectivity index (χ0v) is 12.2. The molecule has 1 fully saturated rings. The Morgan fingerprint density at radius 3 is 2.50 bits per heavy atom. The van der Waals surface area contributed by atoms with Crippen LogP contribution in [-0.2, 0) is 0 Å². The average molecular weight is 244 g/mol. The van der Waals surface area contributed by atoms with Gasteiger partial charge in [0, 0.05) is 37.2 Å². The molecule has 1 atom stereocenters. The van der Waals surface area contributed by atoms with Crippen molar-refractivity contribution < 1.29 is 0 Å². The smallest absolute Gasteiger partial charge is 0.0102 e. The first kappa shape index (κ1) is 14.3. The number of rotatable bonds is 6. The molecule has 2 nitrogen and oxygen atoms in total. The van der Waals surface area contributed by atoms with Crippen LogP contribution >= 0.6 is 11.8 Å². The lowest BCUT2D eigenvalue weighted by molar-refractivity contribution is 0.152. The molecular weight excluding hydrogens is 216 g/mol. The minimum absolute atomic E-state index is 0.372. The van der Waals surface area contributed by atoms with Gasteiger partial charge in [-0.1, -0.05) is 20.8 Å². The van der Waals surface area contributed by atoms with E-state index >= 15 is 0 Å². The fraction of sp³-hybridized carbons (Fsp3) is 1.00. The molecule has 0 aromatic rings. The van der Waals surface area contributed by atoms with Crippen LogP contribution in [0.5, 0.6) is 0 Å². The molecule has 1 saturated heterocycles. The predicted molar refractivity (Wildman–Crippen MR) is 75.3 cm³/mol. The summed E-state index contributed by atoms with van der Waals surface area (Å²) in [5.74, 6) is 2.62. The van der Waals surface area contributed by atoms with Crippen molar-refractivity contribution in [2.24, 2.45) is 5.41 Å². The first-order valence-electron chi connectivity index (χ1n) is 6.59. The molecule has 0 aliphatic carbocycles. The number of hydrogen-bond donors (Lipinski definition) is 1.